The van der Waals surface area contributed by atoms with Crippen LogP contribution in [0.5, 0.6) is 0 Å². The Labute approximate surface area is 109 Å². The van der Waals surface area contributed by atoms with Crippen LogP contribution in [0.15, 0.2) is 24.5 Å². The van der Waals surface area contributed by atoms with E-state index < -0.39 is 11.9 Å². The van der Waals surface area contributed by atoms with Gasteiger partial charge in [-0.25, -0.2) is 4.98 Å². The number of aromatic amines is 1. The van der Waals surface area contributed by atoms with Crippen LogP contribution < -0.4 is 0 Å². The predicted molar refractivity (Wildman–Crippen MR) is 67.7 cm³/mol. The van der Waals surface area contributed by atoms with Gasteiger partial charge in [-0.2, -0.15) is 0 Å². The summed E-state index contributed by atoms with van der Waals surface area (Å²) in [6.45, 7) is 0.784. The van der Waals surface area contributed by atoms with Gasteiger partial charge >= 0.3 is 5.97 Å². The van der Waals surface area contributed by atoms with Gasteiger partial charge in [-0.05, 0) is 24.6 Å². The van der Waals surface area contributed by atoms with Gasteiger partial charge in [0.25, 0.3) is 5.91 Å². The van der Waals surface area contributed by atoms with Crippen molar-refractivity contribution in [2.75, 3.05) is 13.1 Å². The summed E-state index contributed by atoms with van der Waals surface area (Å²) in [5.74, 6) is -1.40. The molecule has 1 fully saturated rings. The Morgan fingerprint density at radius 3 is 3.00 bits per heavy atom. The van der Waals surface area contributed by atoms with Crippen LogP contribution in [0.25, 0.3) is 11.0 Å². The van der Waals surface area contributed by atoms with Crippen molar-refractivity contribution in [2.24, 2.45) is 5.92 Å². The summed E-state index contributed by atoms with van der Waals surface area (Å²) in [6.07, 6.45) is 2.10. The molecule has 1 aliphatic heterocycles. The molecule has 1 amide bonds. The van der Waals surface area contributed by atoms with Crippen molar-refractivity contribution >= 4 is 22.9 Å². The Morgan fingerprint density at radius 2 is 2.26 bits per heavy atom. The maximum Gasteiger partial charge on any atom is 0.308 e. The molecule has 98 valence electrons. The number of aromatic nitrogens is 2. The number of carbonyl (C=O) groups excluding carboxylic acids is 1. The molecule has 2 N–H and O–H groups in total. The van der Waals surface area contributed by atoms with E-state index in [0.29, 0.717) is 18.5 Å². The third-order valence-corrected chi connectivity index (χ3v) is 3.49. The minimum Gasteiger partial charge on any atom is -0.481 e. The zero-order chi connectivity index (χ0) is 13.4. The number of hydrogen-bond donors (Lipinski definition) is 2. The summed E-state index contributed by atoms with van der Waals surface area (Å²) in [5.41, 5.74) is 2.17. The summed E-state index contributed by atoms with van der Waals surface area (Å²) in [7, 11) is 0. The van der Waals surface area contributed by atoms with E-state index in [-0.39, 0.29) is 12.5 Å². The number of nitrogens with one attached hydrogen (secondary N) is 1. The van der Waals surface area contributed by atoms with Crippen LogP contribution in [-0.4, -0.2) is 44.9 Å². The van der Waals surface area contributed by atoms with Crippen LogP contribution in [0.3, 0.4) is 0 Å². The number of rotatable bonds is 2. The number of nitrogens with zero attached hydrogens (tertiary/aromatic N) is 2. The number of aliphatic carboxylic acids is 1. The third-order valence-electron chi connectivity index (χ3n) is 3.49. The second-order valence-corrected chi connectivity index (χ2v) is 4.71. The van der Waals surface area contributed by atoms with Gasteiger partial charge in [-0.3, -0.25) is 9.59 Å². The summed E-state index contributed by atoms with van der Waals surface area (Å²) >= 11 is 0. The molecule has 3 rings (SSSR count). The zero-order valence-electron chi connectivity index (χ0n) is 10.2. The number of carboxylic acids is 1. The molecule has 6 nitrogen and oxygen atoms in total. The molecule has 2 aromatic rings. The van der Waals surface area contributed by atoms with Crippen LogP contribution in [0, 0.1) is 5.92 Å². The van der Waals surface area contributed by atoms with E-state index in [2.05, 4.69) is 9.97 Å². The number of imidazole rings is 1. The van der Waals surface area contributed by atoms with Crippen molar-refractivity contribution < 1.29 is 14.7 Å². The number of benzene rings is 1. The van der Waals surface area contributed by atoms with Crippen LogP contribution >= 0.6 is 0 Å². The van der Waals surface area contributed by atoms with Crippen molar-refractivity contribution in [2.45, 2.75) is 6.42 Å². The molecule has 0 aliphatic carbocycles. The van der Waals surface area contributed by atoms with Crippen molar-refractivity contribution in [1.82, 2.24) is 14.9 Å². The Morgan fingerprint density at radius 1 is 1.42 bits per heavy atom. The lowest BCUT2D eigenvalue weighted by atomic mass is 10.1. The molecule has 1 aromatic heterocycles. The summed E-state index contributed by atoms with van der Waals surface area (Å²) in [5, 5.41) is 8.95. The zero-order valence-corrected chi connectivity index (χ0v) is 10.2. The maximum absolute atomic E-state index is 12.3. The Balaban J connectivity index is 1.82. The van der Waals surface area contributed by atoms with E-state index in [0.717, 1.165) is 11.0 Å². The first-order valence-corrected chi connectivity index (χ1v) is 6.10. The standard InChI is InChI=1S/C13H13N3O3/c17-12(16-4-3-9(6-16)13(18)19)8-1-2-10-11(5-8)15-7-14-10/h1-2,5,7,9H,3-4,6H2,(H,14,15)(H,18,19). The molecule has 0 bridgehead atoms. The average Bonchev–Trinajstić information content (AvgIpc) is 3.06. The molecular weight excluding hydrogens is 246 g/mol. The third kappa shape index (κ3) is 2.05. The number of H-pyrrole nitrogens is 1. The monoisotopic (exact) mass is 259 g/mol. The summed E-state index contributed by atoms with van der Waals surface area (Å²) < 4.78 is 0. The molecule has 1 unspecified atom stereocenters. The van der Waals surface area contributed by atoms with Crippen LogP contribution in [0.4, 0.5) is 0 Å². The summed E-state index contributed by atoms with van der Waals surface area (Å²) in [6, 6.07) is 5.25. The van der Waals surface area contributed by atoms with Crippen LogP contribution in [0.2, 0.25) is 0 Å². The van der Waals surface area contributed by atoms with Gasteiger partial charge in [-0.1, -0.05) is 0 Å². The number of carbonyl (C=O) groups is 2. The Hall–Kier alpha value is -2.37. The molecule has 1 atom stereocenters. The van der Waals surface area contributed by atoms with Crippen molar-refractivity contribution in [3.8, 4) is 0 Å². The molecular formula is C13H13N3O3. The van der Waals surface area contributed by atoms with E-state index in [1.54, 1.807) is 29.4 Å². The Bertz CT molecular complexity index is 649. The first-order chi connectivity index (χ1) is 9.15. The van der Waals surface area contributed by atoms with Gasteiger partial charge in [0.15, 0.2) is 0 Å². The molecule has 1 aliphatic rings. The molecule has 6 heteroatoms. The van der Waals surface area contributed by atoms with E-state index in [9.17, 15) is 9.59 Å². The highest BCUT2D eigenvalue weighted by molar-refractivity contribution is 5.97. The quantitative estimate of drug-likeness (QED) is 0.845. The van der Waals surface area contributed by atoms with E-state index in [4.69, 9.17) is 5.11 Å². The molecule has 0 radical (unpaired) electrons. The fourth-order valence-electron chi connectivity index (χ4n) is 2.40. The highest BCUT2D eigenvalue weighted by Gasteiger charge is 2.31. The van der Waals surface area contributed by atoms with Gasteiger partial charge < -0.3 is 15.0 Å². The van der Waals surface area contributed by atoms with Crippen LogP contribution in [-0.2, 0) is 4.79 Å². The Kier molecular flexibility index (Phi) is 2.70. The van der Waals surface area contributed by atoms with Gasteiger partial charge in [0.05, 0.1) is 23.3 Å². The highest BCUT2D eigenvalue weighted by atomic mass is 16.4. The number of likely N-dealkylation sites (tertiary alicyclic amines) is 1. The first-order valence-electron chi connectivity index (χ1n) is 6.10. The molecule has 0 saturated carbocycles. The lowest BCUT2D eigenvalue weighted by Gasteiger charge is -2.15. The SMILES string of the molecule is O=C(O)C1CCN(C(=O)c2ccc3nc[nH]c3c2)C1. The number of hydrogen-bond acceptors (Lipinski definition) is 3. The van der Waals surface area contributed by atoms with Gasteiger partial charge in [-0.15, -0.1) is 0 Å². The smallest absolute Gasteiger partial charge is 0.308 e. The molecule has 1 aromatic carbocycles. The fraction of sp³-hybridized carbons (Fsp3) is 0.308. The maximum atomic E-state index is 12.3. The molecule has 19 heavy (non-hydrogen) atoms. The van der Waals surface area contributed by atoms with Gasteiger partial charge in [0, 0.05) is 18.7 Å². The van der Waals surface area contributed by atoms with Crippen LogP contribution in [0.1, 0.15) is 16.8 Å². The fourth-order valence-corrected chi connectivity index (χ4v) is 2.40. The van der Waals surface area contributed by atoms with E-state index in [1.165, 1.54) is 0 Å². The van der Waals surface area contributed by atoms with Gasteiger partial charge in [0.1, 0.15) is 0 Å². The van der Waals surface area contributed by atoms with Crippen molar-refractivity contribution in [1.29, 1.82) is 0 Å². The second-order valence-electron chi connectivity index (χ2n) is 4.71. The molecule has 1 saturated heterocycles. The number of carboxylic acid groups (broad SMARTS) is 1. The van der Waals surface area contributed by atoms with E-state index >= 15 is 0 Å². The van der Waals surface area contributed by atoms with Crippen molar-refractivity contribution in [3.63, 3.8) is 0 Å². The normalized spacial score (nSPS) is 18.9. The average molecular weight is 259 g/mol. The second kappa shape index (κ2) is 4.38. The minimum atomic E-state index is -0.834. The topological polar surface area (TPSA) is 86.3 Å². The molecule has 2 heterocycles. The number of amides is 1. The largest absolute Gasteiger partial charge is 0.481 e. The van der Waals surface area contributed by atoms with E-state index in [1.807, 2.05) is 0 Å². The lowest BCUT2D eigenvalue weighted by Crippen LogP contribution is -2.29. The highest BCUT2D eigenvalue weighted by Crippen LogP contribution is 2.20. The number of fused-ring (bicyclic) bond motifs is 1. The predicted octanol–water partition coefficient (Wildman–Crippen LogP) is 1.11. The molecule has 0 spiro atoms. The summed E-state index contributed by atoms with van der Waals surface area (Å²) in [4.78, 5) is 31.8. The first kappa shape index (κ1) is 11.7. The minimum absolute atomic E-state index is 0.125. The lowest BCUT2D eigenvalue weighted by molar-refractivity contribution is -0.141. The van der Waals surface area contributed by atoms with Crippen molar-refractivity contribution in [3.05, 3.63) is 30.1 Å². The van der Waals surface area contributed by atoms with Gasteiger partial charge in [0.2, 0.25) is 0 Å².